The largest absolute Gasteiger partial charge is 0.295 e. The van der Waals surface area contributed by atoms with E-state index in [0.717, 1.165) is 5.56 Å². The summed E-state index contributed by atoms with van der Waals surface area (Å²) in [5.41, 5.74) is 0.850. The lowest BCUT2D eigenvalue weighted by Crippen LogP contribution is -2.21. The zero-order valence-corrected chi connectivity index (χ0v) is 10.3. The van der Waals surface area contributed by atoms with E-state index < -0.39 is 23.5 Å². The van der Waals surface area contributed by atoms with Crippen LogP contribution in [0.4, 0.5) is 0 Å². The minimum absolute atomic E-state index is 0.472. The van der Waals surface area contributed by atoms with E-state index in [1.165, 1.54) is 17.5 Å². The van der Waals surface area contributed by atoms with E-state index in [4.69, 9.17) is 0 Å². The molecule has 0 spiro atoms. The molecular formula is C12H7N3O3S. The van der Waals surface area contributed by atoms with E-state index in [9.17, 15) is 14.4 Å². The fourth-order valence-corrected chi connectivity index (χ4v) is 2.82. The summed E-state index contributed by atoms with van der Waals surface area (Å²) < 4.78 is 0. The second-order valence-electron chi connectivity index (χ2n) is 3.92. The van der Waals surface area contributed by atoms with Crippen LogP contribution >= 0.6 is 11.3 Å². The second kappa shape index (κ2) is 4.36. The van der Waals surface area contributed by atoms with Crippen LogP contribution in [0.15, 0.2) is 30.7 Å². The van der Waals surface area contributed by atoms with Gasteiger partial charge in [-0.15, -0.1) is 11.3 Å². The third kappa shape index (κ3) is 1.93. The maximum Gasteiger partial charge on any atom is 0.295 e. The van der Waals surface area contributed by atoms with Crippen LogP contribution in [0.2, 0.25) is 0 Å². The Morgan fingerprint density at radius 3 is 2.53 bits per heavy atom. The molecule has 3 heterocycles. The molecule has 1 atom stereocenters. The van der Waals surface area contributed by atoms with Gasteiger partial charge in [-0.2, -0.15) is 0 Å². The minimum Gasteiger partial charge on any atom is -0.289 e. The number of pyridine rings is 1. The highest BCUT2D eigenvalue weighted by Crippen LogP contribution is 2.31. The summed E-state index contributed by atoms with van der Waals surface area (Å²) in [5.74, 6) is -3.22. The summed E-state index contributed by atoms with van der Waals surface area (Å²) in [6.07, 6.45) is 4.72. The number of Topliss-reactive ketones (excluding diaryl/α,β-unsaturated/α-hetero) is 1. The SMILES string of the molecule is O=C1NC(=O)C(c2cnc(-c3ccncc3)s2)C1=O. The molecule has 0 radical (unpaired) electrons. The number of aromatic nitrogens is 2. The Kier molecular flexibility index (Phi) is 2.68. The first-order valence-corrected chi connectivity index (χ1v) is 6.23. The number of carbonyl (C=O) groups excluding carboxylic acids is 3. The zero-order valence-electron chi connectivity index (χ0n) is 9.49. The third-order valence-corrected chi connectivity index (χ3v) is 3.83. The van der Waals surface area contributed by atoms with Crippen molar-refractivity contribution in [3.63, 3.8) is 0 Å². The van der Waals surface area contributed by atoms with E-state index >= 15 is 0 Å². The van der Waals surface area contributed by atoms with Crippen LogP contribution in [-0.4, -0.2) is 27.6 Å². The highest BCUT2D eigenvalue weighted by Gasteiger charge is 2.42. The summed E-state index contributed by atoms with van der Waals surface area (Å²) in [7, 11) is 0. The van der Waals surface area contributed by atoms with Crippen molar-refractivity contribution in [2.45, 2.75) is 5.92 Å². The Balaban J connectivity index is 1.96. The maximum atomic E-state index is 11.6. The minimum atomic E-state index is -1.06. The van der Waals surface area contributed by atoms with Gasteiger partial charge < -0.3 is 0 Å². The molecule has 2 aromatic heterocycles. The van der Waals surface area contributed by atoms with Crippen molar-refractivity contribution >= 4 is 28.9 Å². The van der Waals surface area contributed by atoms with E-state index in [-0.39, 0.29) is 0 Å². The molecule has 6 nitrogen and oxygen atoms in total. The predicted molar refractivity (Wildman–Crippen MR) is 66.2 cm³/mol. The van der Waals surface area contributed by atoms with Gasteiger partial charge >= 0.3 is 0 Å². The Labute approximate surface area is 111 Å². The lowest BCUT2D eigenvalue weighted by molar-refractivity contribution is -0.135. The van der Waals surface area contributed by atoms with E-state index in [1.807, 2.05) is 5.32 Å². The number of nitrogens with zero attached hydrogens (tertiary/aromatic N) is 2. The number of imide groups is 1. The molecule has 1 saturated heterocycles. The van der Waals surface area contributed by atoms with Gasteiger partial charge in [0.1, 0.15) is 10.9 Å². The molecule has 1 aliphatic heterocycles. The van der Waals surface area contributed by atoms with E-state index in [0.29, 0.717) is 9.88 Å². The molecule has 19 heavy (non-hydrogen) atoms. The van der Waals surface area contributed by atoms with Crippen LogP contribution in [0.25, 0.3) is 10.6 Å². The molecule has 0 bridgehead atoms. The first-order valence-electron chi connectivity index (χ1n) is 5.42. The quantitative estimate of drug-likeness (QED) is 0.489. The number of hydrogen-bond donors (Lipinski definition) is 1. The number of rotatable bonds is 2. The van der Waals surface area contributed by atoms with Crippen LogP contribution in [0, 0.1) is 0 Å². The average molecular weight is 273 g/mol. The van der Waals surface area contributed by atoms with E-state index in [1.54, 1.807) is 24.5 Å². The molecule has 0 aromatic carbocycles. The smallest absolute Gasteiger partial charge is 0.289 e. The number of amides is 2. The molecule has 2 aromatic rings. The average Bonchev–Trinajstić information content (AvgIpc) is 2.97. The van der Waals surface area contributed by atoms with Gasteiger partial charge in [0.25, 0.3) is 5.91 Å². The molecule has 1 unspecified atom stereocenters. The van der Waals surface area contributed by atoms with Crippen LogP contribution in [0.5, 0.6) is 0 Å². The normalized spacial score (nSPS) is 18.7. The fraction of sp³-hybridized carbons (Fsp3) is 0.0833. The van der Waals surface area contributed by atoms with Crippen molar-refractivity contribution in [1.82, 2.24) is 15.3 Å². The number of ketones is 1. The number of nitrogens with one attached hydrogen (secondary N) is 1. The predicted octanol–water partition coefficient (Wildman–Crippen LogP) is 0.514. The Bertz CT molecular complexity index is 681. The number of hydrogen-bond acceptors (Lipinski definition) is 6. The van der Waals surface area contributed by atoms with Crippen molar-refractivity contribution in [1.29, 1.82) is 0 Å². The summed E-state index contributed by atoms with van der Waals surface area (Å²) in [6.45, 7) is 0. The van der Waals surface area contributed by atoms with Gasteiger partial charge in [-0.1, -0.05) is 0 Å². The topological polar surface area (TPSA) is 89.0 Å². The monoisotopic (exact) mass is 273 g/mol. The van der Waals surface area contributed by atoms with Crippen molar-refractivity contribution in [3.8, 4) is 10.6 Å². The molecule has 3 rings (SSSR count). The van der Waals surface area contributed by atoms with Gasteiger partial charge in [0.05, 0.1) is 0 Å². The molecule has 0 saturated carbocycles. The van der Waals surface area contributed by atoms with Crippen molar-refractivity contribution in [2.75, 3.05) is 0 Å². The zero-order chi connectivity index (χ0) is 13.4. The maximum absolute atomic E-state index is 11.6. The van der Waals surface area contributed by atoms with Gasteiger partial charge in [0, 0.05) is 29.0 Å². The standard InChI is InChI=1S/C12H7N3O3S/c16-9-8(10(17)15-11(9)18)7-5-14-12(19-7)6-1-3-13-4-2-6/h1-5,8H,(H,15,17,18). The molecule has 0 aliphatic carbocycles. The van der Waals surface area contributed by atoms with Crippen LogP contribution in [0.3, 0.4) is 0 Å². The van der Waals surface area contributed by atoms with Crippen molar-refractivity contribution < 1.29 is 14.4 Å². The van der Waals surface area contributed by atoms with Crippen LogP contribution < -0.4 is 5.32 Å². The summed E-state index contributed by atoms with van der Waals surface area (Å²) in [6, 6.07) is 3.56. The molecule has 94 valence electrons. The Hall–Kier alpha value is -2.41. The number of carbonyl (C=O) groups is 3. The molecular weight excluding hydrogens is 266 g/mol. The summed E-state index contributed by atoms with van der Waals surface area (Å²) in [5, 5.41) is 2.68. The summed E-state index contributed by atoms with van der Waals surface area (Å²) in [4.78, 5) is 42.8. The number of thiazole rings is 1. The first kappa shape index (κ1) is 11.7. The fourth-order valence-electron chi connectivity index (χ4n) is 1.80. The molecule has 1 fully saturated rings. The molecule has 2 amide bonds. The van der Waals surface area contributed by atoms with Crippen molar-refractivity contribution in [3.05, 3.63) is 35.6 Å². The highest BCUT2D eigenvalue weighted by atomic mass is 32.1. The van der Waals surface area contributed by atoms with Gasteiger partial charge in [0.2, 0.25) is 11.7 Å². The van der Waals surface area contributed by atoms with Gasteiger partial charge in [-0.3, -0.25) is 24.7 Å². The van der Waals surface area contributed by atoms with Crippen molar-refractivity contribution in [2.24, 2.45) is 0 Å². The lowest BCUT2D eigenvalue weighted by Gasteiger charge is -1.98. The highest BCUT2D eigenvalue weighted by molar-refractivity contribution is 7.15. The first-order chi connectivity index (χ1) is 9.16. The van der Waals surface area contributed by atoms with Gasteiger partial charge in [-0.05, 0) is 12.1 Å². The third-order valence-electron chi connectivity index (χ3n) is 2.72. The molecule has 1 aliphatic rings. The second-order valence-corrected chi connectivity index (χ2v) is 4.98. The summed E-state index contributed by atoms with van der Waals surface area (Å²) >= 11 is 1.22. The molecule has 1 N–H and O–H groups in total. The Morgan fingerprint density at radius 2 is 1.89 bits per heavy atom. The Morgan fingerprint density at radius 1 is 1.16 bits per heavy atom. The van der Waals surface area contributed by atoms with Crippen LogP contribution in [-0.2, 0) is 14.4 Å². The lowest BCUT2D eigenvalue weighted by atomic mass is 10.1. The van der Waals surface area contributed by atoms with Gasteiger partial charge in [0.15, 0.2) is 0 Å². The van der Waals surface area contributed by atoms with Gasteiger partial charge in [-0.25, -0.2) is 4.98 Å². The van der Waals surface area contributed by atoms with Crippen LogP contribution in [0.1, 0.15) is 10.8 Å². The van der Waals surface area contributed by atoms with E-state index in [2.05, 4.69) is 9.97 Å². The molecule has 7 heteroatoms.